The molecule has 5 rings (SSSR count). The Balaban J connectivity index is 1.21. The summed E-state index contributed by atoms with van der Waals surface area (Å²) in [4.78, 5) is 46.6. The van der Waals surface area contributed by atoms with Crippen molar-refractivity contribution in [3.63, 3.8) is 0 Å². The summed E-state index contributed by atoms with van der Waals surface area (Å²) < 4.78 is 7.85. The number of rotatable bonds is 11. The summed E-state index contributed by atoms with van der Waals surface area (Å²) in [7, 11) is 1.70. The molecule has 9 nitrogen and oxygen atoms in total. The molecule has 1 atom stereocenters. The van der Waals surface area contributed by atoms with Gasteiger partial charge in [0.2, 0.25) is 11.8 Å². The predicted molar refractivity (Wildman–Crippen MR) is 170 cm³/mol. The van der Waals surface area contributed by atoms with Crippen LogP contribution in [0, 0.1) is 5.41 Å². The Morgan fingerprint density at radius 1 is 0.953 bits per heavy atom. The van der Waals surface area contributed by atoms with Gasteiger partial charge in [0.1, 0.15) is 11.2 Å². The minimum absolute atomic E-state index is 0.0167. The summed E-state index contributed by atoms with van der Waals surface area (Å²) in [6, 6.07) is 19.2. The Hall–Kier alpha value is -4.50. The number of carbonyl (C=O) groups excluding carboxylic acids is 2. The first-order chi connectivity index (χ1) is 20.7. The third kappa shape index (κ3) is 6.17. The van der Waals surface area contributed by atoms with E-state index in [1.165, 1.54) is 0 Å². The van der Waals surface area contributed by atoms with Crippen molar-refractivity contribution < 1.29 is 14.3 Å². The van der Waals surface area contributed by atoms with Crippen LogP contribution >= 0.6 is 0 Å². The lowest BCUT2D eigenvalue weighted by Crippen LogP contribution is -2.47. The van der Waals surface area contributed by atoms with Gasteiger partial charge >= 0.3 is 0 Å². The van der Waals surface area contributed by atoms with E-state index in [1.54, 1.807) is 47.7 Å². The molecule has 2 aromatic carbocycles. The van der Waals surface area contributed by atoms with Crippen LogP contribution in [0.15, 0.2) is 84.0 Å². The maximum Gasteiger partial charge on any atom is 0.258 e. The van der Waals surface area contributed by atoms with Crippen molar-refractivity contribution in [1.29, 1.82) is 0 Å². The highest BCUT2D eigenvalue weighted by molar-refractivity contribution is 6.20. The van der Waals surface area contributed by atoms with Crippen molar-refractivity contribution >= 4 is 34.0 Å². The quantitative estimate of drug-likeness (QED) is 0.199. The van der Waals surface area contributed by atoms with Crippen LogP contribution in [0.2, 0.25) is 0 Å². The molecule has 3 heterocycles. The Kier molecular flexibility index (Phi) is 8.92. The number of benzene rings is 2. The van der Waals surface area contributed by atoms with Gasteiger partial charge in [-0.3, -0.25) is 19.4 Å². The summed E-state index contributed by atoms with van der Waals surface area (Å²) in [5, 5.41) is 5.30. The van der Waals surface area contributed by atoms with Crippen molar-refractivity contribution in [2.45, 2.75) is 46.2 Å². The highest BCUT2D eigenvalue weighted by Gasteiger charge is 2.45. The first kappa shape index (κ1) is 30.0. The van der Waals surface area contributed by atoms with Gasteiger partial charge in [-0.2, -0.15) is 0 Å². The number of ether oxygens (including phenoxy) is 1. The molecular formula is C34H39N5O4. The molecule has 1 unspecified atom stereocenters. The zero-order valence-electron chi connectivity index (χ0n) is 25.2. The molecule has 0 aliphatic carbocycles. The smallest absolute Gasteiger partial charge is 0.258 e. The first-order valence-electron chi connectivity index (χ1n) is 14.8. The zero-order chi connectivity index (χ0) is 30.6. The van der Waals surface area contributed by atoms with Crippen molar-refractivity contribution in [2.75, 3.05) is 36.5 Å². The number of nitrogens with one attached hydrogen (secondary N) is 1. The minimum atomic E-state index is -1.15. The molecule has 2 aromatic heterocycles. The number of carbonyl (C=O) groups is 2. The lowest BCUT2D eigenvalue weighted by Gasteiger charge is -2.27. The highest BCUT2D eigenvalue weighted by Crippen LogP contribution is 2.40. The second-order valence-electron chi connectivity index (χ2n) is 11.4. The van der Waals surface area contributed by atoms with Crippen LogP contribution in [-0.2, 0) is 16.1 Å². The number of pyridine rings is 2. The fraction of sp³-hybridized carbons (Fsp3) is 0.353. The van der Waals surface area contributed by atoms with Gasteiger partial charge in [0.05, 0.1) is 18.0 Å². The van der Waals surface area contributed by atoms with E-state index in [1.807, 2.05) is 73.8 Å². The monoisotopic (exact) mass is 581 g/mol. The fourth-order valence-corrected chi connectivity index (χ4v) is 5.67. The van der Waals surface area contributed by atoms with Crippen LogP contribution in [0.4, 0.5) is 11.4 Å². The first-order valence-corrected chi connectivity index (χ1v) is 14.8. The Bertz CT molecular complexity index is 1670. The lowest BCUT2D eigenvalue weighted by atomic mass is 9.90. The number of fused-ring (bicyclic) bond motifs is 2. The molecule has 1 aliphatic heterocycles. The van der Waals surface area contributed by atoms with E-state index in [9.17, 15) is 14.4 Å². The maximum atomic E-state index is 13.1. The molecule has 0 saturated heterocycles. The Labute approximate surface area is 252 Å². The van der Waals surface area contributed by atoms with Gasteiger partial charge in [0, 0.05) is 56.2 Å². The number of aromatic nitrogens is 2. The van der Waals surface area contributed by atoms with Gasteiger partial charge in [0.25, 0.3) is 5.56 Å². The average Bonchev–Trinajstić information content (AvgIpc) is 3.08. The molecular weight excluding hydrogens is 542 g/mol. The van der Waals surface area contributed by atoms with Crippen LogP contribution in [0.3, 0.4) is 0 Å². The van der Waals surface area contributed by atoms with E-state index in [-0.39, 0.29) is 23.4 Å². The number of aryl methyl sites for hydroxylation is 1. The normalized spacial score (nSPS) is 15.3. The molecule has 0 bridgehead atoms. The van der Waals surface area contributed by atoms with Crippen LogP contribution in [0.5, 0.6) is 5.75 Å². The van der Waals surface area contributed by atoms with E-state index in [2.05, 4.69) is 10.3 Å². The third-order valence-corrected chi connectivity index (χ3v) is 8.17. The standard InChI is InChI=1S/C34H39N5O4/c1-5-39-29-12-11-26(23-30(29)37(4)32(41)34(2,3)33(39)42)43-22-8-17-36-28(25-13-18-35-19-14-25)16-21-38-20-15-24-9-6-7-10-27(24)31(38)40/h6-7,9-15,18-20,23,28,36H,5,8,16-17,21-22H2,1-4H3. The van der Waals surface area contributed by atoms with Gasteiger partial charge in [-0.15, -0.1) is 0 Å². The van der Waals surface area contributed by atoms with Crippen LogP contribution < -0.4 is 25.4 Å². The molecule has 4 aromatic rings. The SMILES string of the molecule is CCN1C(=O)C(C)(C)C(=O)N(C)c2cc(OCCCNC(CCn3ccc4ccccc4c3=O)c3ccncc3)ccc21. The number of anilines is 2. The molecule has 1 aliphatic rings. The lowest BCUT2D eigenvalue weighted by molar-refractivity contribution is -0.137. The summed E-state index contributed by atoms with van der Waals surface area (Å²) in [5.41, 5.74) is 1.34. The second-order valence-corrected chi connectivity index (χ2v) is 11.4. The molecule has 9 heteroatoms. The summed E-state index contributed by atoms with van der Waals surface area (Å²) >= 11 is 0. The highest BCUT2D eigenvalue weighted by atomic mass is 16.5. The van der Waals surface area contributed by atoms with Crippen molar-refractivity contribution in [1.82, 2.24) is 14.9 Å². The van der Waals surface area contributed by atoms with Gasteiger partial charge in [-0.05, 0) is 87.5 Å². The Morgan fingerprint density at radius 2 is 1.72 bits per heavy atom. The van der Waals surface area contributed by atoms with Crippen LogP contribution in [0.1, 0.15) is 45.2 Å². The second kappa shape index (κ2) is 12.8. The van der Waals surface area contributed by atoms with Gasteiger partial charge < -0.3 is 24.4 Å². The maximum absolute atomic E-state index is 13.1. The summed E-state index contributed by atoms with van der Waals surface area (Å²) in [6.45, 7) is 7.48. The topological polar surface area (TPSA) is 96.8 Å². The van der Waals surface area contributed by atoms with E-state index in [4.69, 9.17) is 4.74 Å². The van der Waals surface area contributed by atoms with Gasteiger partial charge in [-0.25, -0.2) is 0 Å². The average molecular weight is 582 g/mol. The molecule has 43 heavy (non-hydrogen) atoms. The molecule has 0 radical (unpaired) electrons. The van der Waals surface area contributed by atoms with E-state index in [0.717, 1.165) is 29.2 Å². The molecule has 0 spiro atoms. The van der Waals surface area contributed by atoms with E-state index in [0.29, 0.717) is 43.4 Å². The van der Waals surface area contributed by atoms with Crippen molar-refractivity contribution in [3.05, 3.63) is 95.2 Å². The number of nitrogens with zero attached hydrogens (tertiary/aromatic N) is 4. The largest absolute Gasteiger partial charge is 0.493 e. The van der Waals surface area contributed by atoms with E-state index < -0.39 is 5.41 Å². The molecule has 0 fully saturated rings. The van der Waals surface area contributed by atoms with Crippen molar-refractivity contribution in [2.24, 2.45) is 5.41 Å². The predicted octanol–water partition coefficient (Wildman–Crippen LogP) is 4.94. The third-order valence-electron chi connectivity index (χ3n) is 8.17. The molecule has 0 saturated carbocycles. The summed E-state index contributed by atoms with van der Waals surface area (Å²) in [5.74, 6) is 0.187. The summed E-state index contributed by atoms with van der Waals surface area (Å²) in [6.07, 6.45) is 6.91. The molecule has 224 valence electrons. The van der Waals surface area contributed by atoms with Crippen LogP contribution in [-0.4, -0.2) is 48.1 Å². The molecule has 1 N–H and O–H groups in total. The zero-order valence-corrected chi connectivity index (χ0v) is 25.2. The van der Waals surface area contributed by atoms with Crippen molar-refractivity contribution in [3.8, 4) is 5.75 Å². The van der Waals surface area contributed by atoms with E-state index >= 15 is 0 Å². The fourth-order valence-electron chi connectivity index (χ4n) is 5.67. The number of amides is 2. The van der Waals surface area contributed by atoms with Gasteiger partial charge in [0.15, 0.2) is 0 Å². The van der Waals surface area contributed by atoms with Crippen LogP contribution in [0.25, 0.3) is 10.8 Å². The Morgan fingerprint density at radius 3 is 2.49 bits per heavy atom. The van der Waals surface area contributed by atoms with Gasteiger partial charge in [-0.1, -0.05) is 18.2 Å². The minimum Gasteiger partial charge on any atom is -0.493 e. The number of hydrogen-bond acceptors (Lipinski definition) is 6. The molecule has 2 amide bonds. The number of hydrogen-bond donors (Lipinski definition) is 1.